The van der Waals surface area contributed by atoms with E-state index in [-0.39, 0.29) is 23.2 Å². The first-order valence-corrected chi connectivity index (χ1v) is 1.85. The van der Waals surface area contributed by atoms with Crippen LogP contribution in [0.15, 0.2) is 30.6 Å². The fraction of sp³-hybridized carbons (Fsp3) is 0. The molecule has 0 aliphatic rings. The molecule has 48 valence electrons. The van der Waals surface area contributed by atoms with Gasteiger partial charge in [-0.3, -0.25) is 4.98 Å². The average molecular weight is 159 g/mol. The first kappa shape index (κ1) is 10.6. The maximum absolute atomic E-state index is 3.78. The van der Waals surface area contributed by atoms with E-state index in [2.05, 4.69) is 4.98 Å². The Balaban J connectivity index is 0. The molecule has 1 heterocycles. The Kier molecular flexibility index (Phi) is 8.77. The van der Waals surface area contributed by atoms with Crippen LogP contribution >= 0.6 is 0 Å². The molecule has 0 unspecified atom stereocenters. The van der Waals surface area contributed by atoms with E-state index in [0.717, 1.165) is 0 Å². The summed E-state index contributed by atoms with van der Waals surface area (Å²) in [6.07, 6.45) is 3.50. The molecule has 0 saturated heterocycles. The topological polar surface area (TPSA) is 46.4 Å². The maximum Gasteiger partial charge on any atom is 1.00 e. The van der Waals surface area contributed by atoms with Gasteiger partial charge in [0.2, 0.25) is 0 Å². The summed E-state index contributed by atoms with van der Waals surface area (Å²) in [7, 11) is 0. The Morgan fingerprint density at radius 2 is 1.38 bits per heavy atom. The fourth-order valence-electron chi connectivity index (χ4n) is 0.313. The summed E-state index contributed by atoms with van der Waals surface area (Å²) in [6, 6.07) is 5.72. The second kappa shape index (κ2) is 6.63. The van der Waals surface area contributed by atoms with Crippen LogP contribution in [-0.2, 0) is 17.1 Å². The SMILES string of the molecule is [Cu+].[NH2-].c1ccncc1. The van der Waals surface area contributed by atoms with Gasteiger partial charge in [0, 0.05) is 12.4 Å². The summed E-state index contributed by atoms with van der Waals surface area (Å²) in [4.78, 5) is 3.78. The third kappa shape index (κ3) is 3.81. The molecule has 0 aliphatic heterocycles. The first-order valence-electron chi connectivity index (χ1n) is 1.85. The minimum Gasteiger partial charge on any atom is -0.693 e. The molecule has 0 aliphatic carbocycles. The normalized spacial score (nSPS) is 6.00. The molecule has 0 aromatic carbocycles. The van der Waals surface area contributed by atoms with E-state index in [4.69, 9.17) is 0 Å². The number of nitrogens with zero attached hydrogens (tertiary/aromatic N) is 1. The van der Waals surface area contributed by atoms with Crippen molar-refractivity contribution in [2.24, 2.45) is 0 Å². The number of pyridine rings is 1. The van der Waals surface area contributed by atoms with Crippen molar-refractivity contribution < 1.29 is 17.1 Å². The maximum atomic E-state index is 3.78. The molecule has 0 spiro atoms. The van der Waals surface area contributed by atoms with Gasteiger partial charge in [0.1, 0.15) is 0 Å². The molecule has 0 bridgehead atoms. The van der Waals surface area contributed by atoms with Crippen molar-refractivity contribution in [1.82, 2.24) is 4.98 Å². The number of hydrogen-bond donors (Lipinski definition) is 0. The van der Waals surface area contributed by atoms with E-state index >= 15 is 0 Å². The quantitative estimate of drug-likeness (QED) is 0.531. The van der Waals surface area contributed by atoms with Crippen molar-refractivity contribution in [2.45, 2.75) is 0 Å². The van der Waals surface area contributed by atoms with Crippen molar-refractivity contribution in [3.63, 3.8) is 0 Å². The van der Waals surface area contributed by atoms with Gasteiger partial charge < -0.3 is 6.15 Å². The number of rotatable bonds is 0. The molecule has 0 radical (unpaired) electrons. The van der Waals surface area contributed by atoms with Crippen LogP contribution < -0.4 is 0 Å². The molecule has 0 fully saturated rings. The van der Waals surface area contributed by atoms with Gasteiger partial charge in [0.05, 0.1) is 0 Å². The zero-order chi connectivity index (χ0) is 4.24. The summed E-state index contributed by atoms with van der Waals surface area (Å²) in [5.74, 6) is 0. The standard InChI is InChI=1S/C5H5N.Cu.H2N/c1-2-4-6-5-3-1;;/h1-5H;;1H2/q;+1;-1. The molecule has 2 nitrogen and oxygen atoms in total. The molecular formula is C5H7CuN2. The van der Waals surface area contributed by atoms with Crippen LogP contribution in [0.25, 0.3) is 6.15 Å². The Hall–Kier alpha value is -0.371. The van der Waals surface area contributed by atoms with Crippen LogP contribution in [0.2, 0.25) is 0 Å². The van der Waals surface area contributed by atoms with Gasteiger partial charge in [-0.1, -0.05) is 6.07 Å². The van der Waals surface area contributed by atoms with Crippen molar-refractivity contribution in [2.75, 3.05) is 0 Å². The molecule has 0 saturated carbocycles. The second-order valence-corrected chi connectivity index (χ2v) is 1.02. The molecule has 0 atom stereocenters. The van der Waals surface area contributed by atoms with E-state index in [1.54, 1.807) is 12.4 Å². The molecule has 0 amide bonds. The van der Waals surface area contributed by atoms with Gasteiger partial charge in [0.25, 0.3) is 0 Å². The van der Waals surface area contributed by atoms with Crippen LogP contribution in [0.1, 0.15) is 0 Å². The molecular weight excluding hydrogens is 152 g/mol. The van der Waals surface area contributed by atoms with Gasteiger partial charge in [0.15, 0.2) is 0 Å². The Morgan fingerprint density at radius 1 is 0.875 bits per heavy atom. The van der Waals surface area contributed by atoms with Crippen molar-refractivity contribution in [3.05, 3.63) is 36.7 Å². The van der Waals surface area contributed by atoms with E-state index in [1.165, 1.54) is 0 Å². The summed E-state index contributed by atoms with van der Waals surface area (Å²) >= 11 is 0. The van der Waals surface area contributed by atoms with Crippen LogP contribution in [0.5, 0.6) is 0 Å². The van der Waals surface area contributed by atoms with E-state index < -0.39 is 0 Å². The van der Waals surface area contributed by atoms with Crippen molar-refractivity contribution >= 4 is 0 Å². The Morgan fingerprint density at radius 3 is 1.50 bits per heavy atom. The largest absolute Gasteiger partial charge is 1.00 e. The van der Waals surface area contributed by atoms with Crippen LogP contribution in [0.4, 0.5) is 0 Å². The minimum absolute atomic E-state index is 0. The van der Waals surface area contributed by atoms with Crippen molar-refractivity contribution in [3.8, 4) is 0 Å². The number of nitrogens with two attached hydrogens (primary N) is 1. The molecule has 1 rings (SSSR count). The molecule has 8 heavy (non-hydrogen) atoms. The zero-order valence-electron chi connectivity index (χ0n) is 4.21. The fourth-order valence-corrected chi connectivity index (χ4v) is 0.313. The Labute approximate surface area is 59.4 Å². The van der Waals surface area contributed by atoms with Gasteiger partial charge >= 0.3 is 17.1 Å². The predicted molar refractivity (Wildman–Crippen MR) is 29.5 cm³/mol. The minimum atomic E-state index is 0. The van der Waals surface area contributed by atoms with Gasteiger partial charge in [-0.25, -0.2) is 0 Å². The van der Waals surface area contributed by atoms with Crippen LogP contribution in [0, 0.1) is 0 Å². The summed E-state index contributed by atoms with van der Waals surface area (Å²) in [5, 5.41) is 0. The smallest absolute Gasteiger partial charge is 0.693 e. The van der Waals surface area contributed by atoms with Gasteiger partial charge in [-0.2, -0.15) is 0 Å². The summed E-state index contributed by atoms with van der Waals surface area (Å²) in [5.41, 5.74) is 0. The summed E-state index contributed by atoms with van der Waals surface area (Å²) in [6.45, 7) is 0. The van der Waals surface area contributed by atoms with Crippen LogP contribution in [0.3, 0.4) is 0 Å². The number of aromatic nitrogens is 1. The average Bonchev–Trinajstić information content (AvgIpc) is 1.72. The van der Waals surface area contributed by atoms with E-state index in [1.807, 2.05) is 18.2 Å². The Bertz CT molecular complexity index is 82.4. The van der Waals surface area contributed by atoms with Crippen LogP contribution in [-0.4, -0.2) is 4.98 Å². The van der Waals surface area contributed by atoms with Crippen molar-refractivity contribution in [1.29, 1.82) is 0 Å². The third-order valence-electron chi connectivity index (χ3n) is 0.566. The predicted octanol–water partition coefficient (Wildman–Crippen LogP) is 1.80. The van der Waals surface area contributed by atoms with Gasteiger partial charge in [-0.05, 0) is 12.1 Å². The summed E-state index contributed by atoms with van der Waals surface area (Å²) < 4.78 is 0. The second-order valence-electron chi connectivity index (χ2n) is 1.02. The molecule has 2 N–H and O–H groups in total. The third-order valence-corrected chi connectivity index (χ3v) is 0.566. The molecule has 3 heteroatoms. The van der Waals surface area contributed by atoms with Gasteiger partial charge in [-0.15, -0.1) is 0 Å². The molecule has 1 aromatic rings. The zero-order valence-corrected chi connectivity index (χ0v) is 5.15. The van der Waals surface area contributed by atoms with E-state index in [9.17, 15) is 0 Å². The monoisotopic (exact) mass is 158 g/mol. The van der Waals surface area contributed by atoms with E-state index in [0.29, 0.717) is 0 Å². The first-order chi connectivity index (χ1) is 3.00. The number of hydrogen-bond acceptors (Lipinski definition) is 1. The molecule has 1 aromatic heterocycles.